The Morgan fingerprint density at radius 3 is 2.85 bits per heavy atom. The highest BCUT2D eigenvalue weighted by Gasteiger charge is 2.45. The molecule has 2 N–H and O–H groups in total. The fourth-order valence-electron chi connectivity index (χ4n) is 5.08. The first kappa shape index (κ1) is 14.8. The van der Waals surface area contributed by atoms with Crippen LogP contribution in [0.15, 0.2) is 0 Å². The van der Waals surface area contributed by atoms with Crippen LogP contribution in [0.4, 0.5) is 0 Å². The minimum absolute atomic E-state index is 0.0201. The maximum atomic E-state index is 9.87. The molecular weight excluding hydrogens is 248 g/mol. The third-order valence-corrected chi connectivity index (χ3v) is 6.14. The number of fused-ring (bicyclic) bond motifs is 1. The van der Waals surface area contributed by atoms with E-state index >= 15 is 0 Å². The summed E-state index contributed by atoms with van der Waals surface area (Å²) in [5.41, 5.74) is 0.0201. The molecule has 0 bridgehead atoms. The first-order chi connectivity index (χ1) is 9.78. The van der Waals surface area contributed by atoms with Gasteiger partial charge in [-0.05, 0) is 70.4 Å². The van der Waals surface area contributed by atoms with Gasteiger partial charge >= 0.3 is 0 Å². The van der Waals surface area contributed by atoms with Crippen molar-refractivity contribution in [3.8, 4) is 0 Å². The number of likely N-dealkylation sites (tertiary alicyclic amines) is 1. The molecule has 0 spiro atoms. The zero-order chi connectivity index (χ0) is 14.0. The van der Waals surface area contributed by atoms with Crippen molar-refractivity contribution >= 4 is 0 Å². The van der Waals surface area contributed by atoms with Crippen molar-refractivity contribution in [2.45, 2.75) is 82.3 Å². The van der Waals surface area contributed by atoms with Gasteiger partial charge in [-0.2, -0.15) is 0 Å². The maximum Gasteiger partial charge on any atom is 0.0613 e. The van der Waals surface area contributed by atoms with Crippen molar-refractivity contribution in [1.82, 2.24) is 10.2 Å². The van der Waals surface area contributed by atoms with Gasteiger partial charge in [0.25, 0.3) is 0 Å². The van der Waals surface area contributed by atoms with Crippen molar-refractivity contribution in [2.24, 2.45) is 5.92 Å². The molecule has 0 aromatic heterocycles. The molecule has 0 amide bonds. The molecule has 2 saturated carbocycles. The molecule has 0 aromatic carbocycles. The second-order valence-electron chi connectivity index (χ2n) is 7.40. The first-order valence-corrected chi connectivity index (χ1v) is 8.89. The van der Waals surface area contributed by atoms with Crippen molar-refractivity contribution < 1.29 is 5.11 Å². The number of aliphatic hydroxyl groups excluding tert-OH is 1. The van der Waals surface area contributed by atoms with Gasteiger partial charge < -0.3 is 10.4 Å². The van der Waals surface area contributed by atoms with Crippen LogP contribution in [0.25, 0.3) is 0 Å². The molecule has 20 heavy (non-hydrogen) atoms. The van der Waals surface area contributed by atoms with Crippen LogP contribution in [0, 0.1) is 5.92 Å². The SMILES string of the molecule is CCCNC1(CO)CCC(N2CCCC3CCCC32)C1. The Labute approximate surface area is 124 Å². The van der Waals surface area contributed by atoms with Gasteiger partial charge in [-0.25, -0.2) is 0 Å². The highest BCUT2D eigenvalue weighted by Crippen LogP contribution is 2.42. The fraction of sp³-hybridized carbons (Fsp3) is 1.00. The first-order valence-electron chi connectivity index (χ1n) is 8.89. The van der Waals surface area contributed by atoms with Crippen LogP contribution < -0.4 is 5.32 Å². The second kappa shape index (κ2) is 6.33. The van der Waals surface area contributed by atoms with Crippen LogP contribution >= 0.6 is 0 Å². The monoisotopic (exact) mass is 280 g/mol. The summed E-state index contributed by atoms with van der Waals surface area (Å²) in [6.07, 6.45) is 11.9. The number of nitrogens with zero attached hydrogens (tertiary/aromatic N) is 1. The third-order valence-electron chi connectivity index (χ3n) is 6.14. The van der Waals surface area contributed by atoms with E-state index in [1.54, 1.807) is 0 Å². The van der Waals surface area contributed by atoms with Gasteiger partial charge in [0.1, 0.15) is 0 Å². The summed E-state index contributed by atoms with van der Waals surface area (Å²) < 4.78 is 0. The molecule has 1 aliphatic heterocycles. The molecule has 3 fully saturated rings. The molecule has 2 aliphatic carbocycles. The van der Waals surface area contributed by atoms with Crippen LogP contribution in [0.3, 0.4) is 0 Å². The Morgan fingerprint density at radius 1 is 1.20 bits per heavy atom. The number of hydrogen-bond acceptors (Lipinski definition) is 3. The van der Waals surface area contributed by atoms with Gasteiger partial charge in [-0.3, -0.25) is 4.90 Å². The molecule has 0 aromatic rings. The summed E-state index contributed by atoms with van der Waals surface area (Å²) in [5.74, 6) is 0.983. The van der Waals surface area contributed by atoms with Gasteiger partial charge in [-0.1, -0.05) is 13.3 Å². The number of rotatable bonds is 5. The molecule has 3 heteroatoms. The van der Waals surface area contributed by atoms with Gasteiger partial charge in [0.2, 0.25) is 0 Å². The van der Waals surface area contributed by atoms with Gasteiger partial charge in [0.05, 0.1) is 6.61 Å². The Hall–Kier alpha value is -0.120. The lowest BCUT2D eigenvalue weighted by atomic mass is 9.90. The van der Waals surface area contributed by atoms with E-state index in [2.05, 4.69) is 17.1 Å². The predicted octanol–water partition coefficient (Wildman–Crippen LogP) is 2.53. The topological polar surface area (TPSA) is 35.5 Å². The van der Waals surface area contributed by atoms with E-state index in [-0.39, 0.29) is 5.54 Å². The lowest BCUT2D eigenvalue weighted by molar-refractivity contribution is 0.0615. The zero-order valence-corrected chi connectivity index (χ0v) is 13.1. The molecule has 1 heterocycles. The summed E-state index contributed by atoms with van der Waals surface area (Å²) in [6.45, 7) is 4.87. The summed E-state index contributed by atoms with van der Waals surface area (Å²) in [4.78, 5) is 2.84. The number of aliphatic hydroxyl groups is 1. The van der Waals surface area contributed by atoms with Crippen LogP contribution in [0.1, 0.15) is 64.7 Å². The standard InChI is InChI=1S/C17H32N2O/c1-2-10-18-17(13-20)9-8-15(12-17)19-11-4-6-14-5-3-7-16(14)19/h14-16,18,20H,2-13H2,1H3. The molecule has 4 atom stereocenters. The minimum atomic E-state index is 0.0201. The van der Waals surface area contributed by atoms with E-state index in [9.17, 15) is 5.11 Å². The average molecular weight is 280 g/mol. The Bertz CT molecular complexity index is 322. The van der Waals surface area contributed by atoms with Crippen LogP contribution in [-0.2, 0) is 0 Å². The number of hydrogen-bond donors (Lipinski definition) is 2. The predicted molar refractivity (Wildman–Crippen MR) is 82.8 cm³/mol. The normalized spacial score (nSPS) is 42.0. The number of piperidine rings is 1. The second-order valence-corrected chi connectivity index (χ2v) is 7.40. The van der Waals surface area contributed by atoms with Crippen molar-refractivity contribution in [3.05, 3.63) is 0 Å². The Balaban J connectivity index is 1.63. The smallest absolute Gasteiger partial charge is 0.0613 e. The zero-order valence-electron chi connectivity index (χ0n) is 13.1. The van der Waals surface area contributed by atoms with E-state index < -0.39 is 0 Å². The van der Waals surface area contributed by atoms with E-state index in [1.807, 2.05) is 0 Å². The van der Waals surface area contributed by atoms with Crippen molar-refractivity contribution in [1.29, 1.82) is 0 Å². The van der Waals surface area contributed by atoms with Crippen molar-refractivity contribution in [2.75, 3.05) is 19.7 Å². The van der Waals surface area contributed by atoms with E-state index in [1.165, 1.54) is 45.1 Å². The highest BCUT2D eigenvalue weighted by molar-refractivity contribution is 5.02. The number of nitrogens with one attached hydrogen (secondary N) is 1. The van der Waals surface area contributed by atoms with E-state index in [4.69, 9.17) is 0 Å². The van der Waals surface area contributed by atoms with E-state index in [0.29, 0.717) is 6.61 Å². The van der Waals surface area contributed by atoms with Gasteiger partial charge in [0, 0.05) is 17.6 Å². The molecule has 3 nitrogen and oxygen atoms in total. The fourth-order valence-corrected chi connectivity index (χ4v) is 5.08. The summed E-state index contributed by atoms with van der Waals surface area (Å²) >= 11 is 0. The highest BCUT2D eigenvalue weighted by atomic mass is 16.3. The van der Waals surface area contributed by atoms with Crippen LogP contribution in [0.5, 0.6) is 0 Å². The molecule has 116 valence electrons. The minimum Gasteiger partial charge on any atom is -0.394 e. The third kappa shape index (κ3) is 2.77. The molecular formula is C17H32N2O. The van der Waals surface area contributed by atoms with E-state index in [0.717, 1.165) is 43.8 Å². The lowest BCUT2D eigenvalue weighted by Gasteiger charge is -2.42. The summed E-state index contributed by atoms with van der Waals surface area (Å²) in [5, 5.41) is 13.5. The summed E-state index contributed by atoms with van der Waals surface area (Å²) in [7, 11) is 0. The maximum absolute atomic E-state index is 9.87. The van der Waals surface area contributed by atoms with Gasteiger partial charge in [-0.15, -0.1) is 0 Å². The Morgan fingerprint density at radius 2 is 2.05 bits per heavy atom. The quantitative estimate of drug-likeness (QED) is 0.812. The van der Waals surface area contributed by atoms with Crippen LogP contribution in [-0.4, -0.2) is 47.3 Å². The largest absolute Gasteiger partial charge is 0.394 e. The molecule has 4 unspecified atom stereocenters. The molecule has 3 rings (SSSR count). The summed E-state index contributed by atoms with van der Waals surface area (Å²) in [6, 6.07) is 1.59. The average Bonchev–Trinajstić information content (AvgIpc) is 3.12. The van der Waals surface area contributed by atoms with Gasteiger partial charge in [0.15, 0.2) is 0 Å². The Kier molecular flexibility index (Phi) is 4.68. The van der Waals surface area contributed by atoms with Crippen molar-refractivity contribution in [3.63, 3.8) is 0 Å². The molecule has 3 aliphatic rings. The molecule has 0 radical (unpaired) electrons. The lowest BCUT2D eigenvalue weighted by Crippen LogP contribution is -2.51. The molecule has 1 saturated heterocycles. The van der Waals surface area contributed by atoms with Crippen LogP contribution in [0.2, 0.25) is 0 Å².